The van der Waals surface area contributed by atoms with Crippen molar-refractivity contribution < 1.29 is 43.6 Å². The zero-order chi connectivity index (χ0) is 27.2. The number of ether oxygens (including phenoxy) is 2. The largest absolute Gasteiger partial charge is 0.441 e. The molecule has 0 bridgehead atoms. The molecule has 9 nitrogen and oxygen atoms in total. The van der Waals surface area contributed by atoms with Crippen molar-refractivity contribution in [2.75, 3.05) is 33.0 Å². The van der Waals surface area contributed by atoms with Crippen molar-refractivity contribution in [1.82, 2.24) is 5.32 Å². The Labute approximate surface area is 216 Å². The van der Waals surface area contributed by atoms with E-state index >= 15 is 4.39 Å². The van der Waals surface area contributed by atoms with Crippen molar-refractivity contribution in [3.63, 3.8) is 0 Å². The number of carbonyl (C=O) groups is 3. The number of carbonyl (C=O) groups excluding carboxylic acids is 3. The molecule has 4 aliphatic carbocycles. The smallest absolute Gasteiger partial charge is 0.407 e. The molecular weight excluding hydrogens is 485 g/mol. The summed E-state index contributed by atoms with van der Waals surface area (Å²) in [5, 5.41) is 34.4. The van der Waals surface area contributed by atoms with Gasteiger partial charge in [0, 0.05) is 23.3 Å². The van der Waals surface area contributed by atoms with E-state index in [4.69, 9.17) is 14.6 Å². The van der Waals surface area contributed by atoms with Gasteiger partial charge in [0.2, 0.25) is 5.78 Å². The van der Waals surface area contributed by atoms with Crippen molar-refractivity contribution in [2.24, 2.45) is 28.6 Å². The summed E-state index contributed by atoms with van der Waals surface area (Å²) in [6.07, 6.45) is 3.20. The maximum absolute atomic E-state index is 17.2. The number of alkyl carbamates (subject to hydrolysis) is 1. The fourth-order valence-electron chi connectivity index (χ4n) is 7.82. The van der Waals surface area contributed by atoms with E-state index in [2.05, 4.69) is 5.32 Å². The molecule has 1 amide bonds. The maximum Gasteiger partial charge on any atom is 0.407 e. The maximum atomic E-state index is 17.2. The molecule has 0 saturated heterocycles. The molecule has 0 spiro atoms. The van der Waals surface area contributed by atoms with Crippen LogP contribution < -0.4 is 5.32 Å². The number of alkyl halides is 1. The number of Topliss-reactive ketones (excluding diaryl/α,β-unsaturated/α-hetero) is 1. The van der Waals surface area contributed by atoms with E-state index in [9.17, 15) is 24.6 Å². The summed E-state index contributed by atoms with van der Waals surface area (Å²) < 4.78 is 27.3. The lowest BCUT2D eigenvalue weighted by molar-refractivity contribution is -0.219. The monoisotopic (exact) mass is 523 g/mol. The standard InChI is InChI=1S/C27H38FNO8/c1-16-12-20-19-5-4-17-13-18(31)6-7-24(17,2)26(19,28)21(32)14-25(20,3)27(16,35)22(33)15-37-23(34)29-8-10-36-11-9-30/h6-7,13,16,19-21,30,32,35H,4-5,8-12,14-15H2,1-3H3,(H,29,34). The Morgan fingerprint density at radius 3 is 2.68 bits per heavy atom. The van der Waals surface area contributed by atoms with E-state index in [1.54, 1.807) is 26.8 Å². The fourth-order valence-corrected chi connectivity index (χ4v) is 7.82. The number of amides is 1. The van der Waals surface area contributed by atoms with E-state index in [0.717, 1.165) is 0 Å². The number of allylic oxidation sites excluding steroid dienone is 4. The van der Waals surface area contributed by atoms with E-state index in [-0.39, 0.29) is 38.6 Å². The van der Waals surface area contributed by atoms with Crippen LogP contribution in [0.5, 0.6) is 0 Å². The third kappa shape index (κ3) is 4.07. The molecule has 8 atom stereocenters. The number of aliphatic hydroxyl groups excluding tert-OH is 2. The van der Waals surface area contributed by atoms with Gasteiger partial charge in [0.05, 0.1) is 25.9 Å². The highest BCUT2D eigenvalue weighted by Gasteiger charge is 2.75. The Morgan fingerprint density at radius 2 is 1.97 bits per heavy atom. The van der Waals surface area contributed by atoms with Crippen molar-refractivity contribution in [1.29, 1.82) is 0 Å². The first-order valence-electron chi connectivity index (χ1n) is 13.0. The molecule has 0 aliphatic heterocycles. The molecule has 3 saturated carbocycles. The van der Waals surface area contributed by atoms with Gasteiger partial charge in [0.15, 0.2) is 18.1 Å². The number of fused-ring (bicyclic) bond motifs is 5. The summed E-state index contributed by atoms with van der Waals surface area (Å²) >= 11 is 0. The average Bonchev–Trinajstić information content (AvgIpc) is 3.05. The Bertz CT molecular complexity index is 1010. The van der Waals surface area contributed by atoms with Gasteiger partial charge >= 0.3 is 6.09 Å². The first-order chi connectivity index (χ1) is 17.4. The number of hydrogen-bond donors (Lipinski definition) is 4. The fraction of sp³-hybridized carbons (Fsp3) is 0.741. The summed E-state index contributed by atoms with van der Waals surface area (Å²) in [5.74, 6) is -2.45. The van der Waals surface area contributed by atoms with Gasteiger partial charge in [-0.25, -0.2) is 9.18 Å². The van der Waals surface area contributed by atoms with Crippen LogP contribution in [0.4, 0.5) is 9.18 Å². The van der Waals surface area contributed by atoms with Gasteiger partial charge in [0.1, 0.15) is 5.60 Å². The zero-order valence-electron chi connectivity index (χ0n) is 21.7. The molecule has 10 heteroatoms. The third-order valence-electron chi connectivity index (χ3n) is 9.73. The molecule has 4 rings (SSSR count). The SMILES string of the molecule is CC1CC2C3CCC4=CC(=O)C=CC4(C)C3(F)C(O)CC2(C)C1(O)C(=O)COC(=O)NCCOCCO. The minimum atomic E-state index is -2.05. The Balaban J connectivity index is 1.52. The first kappa shape index (κ1) is 27.9. The number of hydrogen-bond acceptors (Lipinski definition) is 8. The van der Waals surface area contributed by atoms with Gasteiger partial charge in [-0.05, 0) is 56.6 Å². The summed E-state index contributed by atoms with van der Waals surface area (Å²) in [7, 11) is 0. The van der Waals surface area contributed by atoms with Crippen LogP contribution in [0.15, 0.2) is 23.8 Å². The molecular formula is C27H38FNO8. The predicted molar refractivity (Wildman–Crippen MR) is 130 cm³/mol. The highest BCUT2D eigenvalue weighted by atomic mass is 19.1. The van der Waals surface area contributed by atoms with Crippen LogP contribution in [0.2, 0.25) is 0 Å². The minimum Gasteiger partial charge on any atom is -0.441 e. The van der Waals surface area contributed by atoms with Crippen LogP contribution >= 0.6 is 0 Å². The number of ketones is 2. The van der Waals surface area contributed by atoms with Gasteiger partial charge in [0.25, 0.3) is 0 Å². The Kier molecular flexibility index (Phi) is 7.44. The number of aliphatic hydroxyl groups is 3. The number of rotatable bonds is 8. The van der Waals surface area contributed by atoms with Crippen molar-refractivity contribution >= 4 is 17.7 Å². The highest BCUT2D eigenvalue weighted by Crippen LogP contribution is 2.70. The molecule has 0 aromatic carbocycles. The van der Waals surface area contributed by atoms with Gasteiger partial charge in [-0.1, -0.05) is 25.5 Å². The lowest BCUT2D eigenvalue weighted by Crippen LogP contribution is -2.69. The predicted octanol–water partition coefficient (Wildman–Crippen LogP) is 1.64. The van der Waals surface area contributed by atoms with Crippen LogP contribution in [0.25, 0.3) is 0 Å². The van der Waals surface area contributed by atoms with Gasteiger partial charge in [-0.15, -0.1) is 0 Å². The molecule has 0 heterocycles. The molecule has 0 radical (unpaired) electrons. The van der Waals surface area contributed by atoms with Crippen LogP contribution in [-0.2, 0) is 19.1 Å². The van der Waals surface area contributed by atoms with Crippen LogP contribution in [-0.4, -0.2) is 83.3 Å². The van der Waals surface area contributed by atoms with Crippen molar-refractivity contribution in [3.8, 4) is 0 Å². The van der Waals surface area contributed by atoms with Crippen LogP contribution in [0.1, 0.15) is 46.5 Å². The molecule has 0 aromatic rings. The second-order valence-electron chi connectivity index (χ2n) is 11.4. The summed E-state index contributed by atoms with van der Waals surface area (Å²) in [4.78, 5) is 37.4. The van der Waals surface area contributed by atoms with Crippen molar-refractivity contribution in [3.05, 3.63) is 23.8 Å². The van der Waals surface area contributed by atoms with Crippen LogP contribution in [0.3, 0.4) is 0 Å². The van der Waals surface area contributed by atoms with E-state index in [1.165, 1.54) is 12.2 Å². The molecule has 0 aromatic heterocycles. The van der Waals surface area contributed by atoms with E-state index in [0.29, 0.717) is 24.8 Å². The summed E-state index contributed by atoms with van der Waals surface area (Å²) in [5.41, 5.74) is -5.59. The minimum absolute atomic E-state index is 0.120. The normalized spacial score (nSPS) is 42.4. The summed E-state index contributed by atoms with van der Waals surface area (Å²) in [6, 6.07) is 0. The number of halogens is 1. The van der Waals surface area contributed by atoms with Crippen molar-refractivity contribution in [2.45, 2.75) is 63.8 Å². The topological polar surface area (TPSA) is 142 Å². The lowest BCUT2D eigenvalue weighted by atomic mass is 9.44. The van der Waals surface area contributed by atoms with Gasteiger partial charge < -0.3 is 30.1 Å². The Hall–Kier alpha value is -2.14. The highest BCUT2D eigenvalue weighted by molar-refractivity contribution is 6.01. The average molecular weight is 524 g/mol. The molecule has 8 unspecified atom stereocenters. The zero-order valence-corrected chi connectivity index (χ0v) is 21.7. The van der Waals surface area contributed by atoms with Crippen LogP contribution in [0, 0.1) is 28.6 Å². The molecule has 4 aliphatic rings. The van der Waals surface area contributed by atoms with E-state index < -0.39 is 64.4 Å². The molecule has 4 N–H and O–H groups in total. The molecule has 206 valence electrons. The number of nitrogens with one attached hydrogen (secondary N) is 1. The van der Waals surface area contributed by atoms with E-state index in [1.807, 2.05) is 0 Å². The lowest BCUT2D eigenvalue weighted by Gasteiger charge is -2.62. The second kappa shape index (κ2) is 9.87. The third-order valence-corrected chi connectivity index (χ3v) is 9.73. The first-order valence-corrected chi connectivity index (χ1v) is 13.0. The quantitative estimate of drug-likeness (QED) is 0.352. The van der Waals surface area contributed by atoms with Gasteiger partial charge in [-0.2, -0.15) is 0 Å². The summed E-state index contributed by atoms with van der Waals surface area (Å²) in [6.45, 7) is 4.80. The molecule has 37 heavy (non-hydrogen) atoms. The second-order valence-corrected chi connectivity index (χ2v) is 11.4. The molecule has 3 fully saturated rings. The Morgan fingerprint density at radius 1 is 1.24 bits per heavy atom. The van der Waals surface area contributed by atoms with Gasteiger partial charge in [-0.3, -0.25) is 9.59 Å².